The molecule has 0 radical (unpaired) electrons. The first-order chi connectivity index (χ1) is 12.0. The number of fused-ring (bicyclic) bond motifs is 1. The quantitative estimate of drug-likeness (QED) is 0.722. The molecule has 1 atom stereocenters. The van der Waals surface area contributed by atoms with Crippen molar-refractivity contribution < 1.29 is 9.59 Å². The van der Waals surface area contributed by atoms with Crippen LogP contribution < -0.4 is 10.9 Å². The van der Waals surface area contributed by atoms with E-state index >= 15 is 0 Å². The van der Waals surface area contributed by atoms with Gasteiger partial charge in [-0.2, -0.15) is 0 Å². The first-order valence-electron chi connectivity index (χ1n) is 8.06. The summed E-state index contributed by atoms with van der Waals surface area (Å²) in [4.78, 5) is 28.9. The summed E-state index contributed by atoms with van der Waals surface area (Å²) in [7, 11) is 0. The Labute approximate surface area is 145 Å². The summed E-state index contributed by atoms with van der Waals surface area (Å²) in [5.41, 5.74) is 9.13. The van der Waals surface area contributed by atoms with E-state index in [0.717, 1.165) is 22.2 Å². The van der Waals surface area contributed by atoms with Crippen molar-refractivity contribution in [3.8, 4) is 0 Å². The van der Waals surface area contributed by atoms with Crippen LogP contribution in [0.25, 0.3) is 11.0 Å². The van der Waals surface area contributed by atoms with E-state index in [2.05, 4.69) is 15.8 Å². The van der Waals surface area contributed by atoms with Gasteiger partial charge in [-0.3, -0.25) is 20.4 Å². The van der Waals surface area contributed by atoms with E-state index in [1.165, 1.54) is 0 Å². The summed E-state index contributed by atoms with van der Waals surface area (Å²) < 4.78 is 1.77. The number of carbonyl (C=O) groups is 2. The first-order valence-corrected chi connectivity index (χ1v) is 8.06. The molecule has 0 aliphatic rings. The molecule has 1 heterocycles. The minimum atomic E-state index is -0.508. The second-order valence-corrected chi connectivity index (χ2v) is 6.08. The van der Waals surface area contributed by atoms with E-state index in [0.29, 0.717) is 5.56 Å². The number of rotatable bonds is 3. The van der Waals surface area contributed by atoms with Gasteiger partial charge in [-0.05, 0) is 44.5 Å². The van der Waals surface area contributed by atoms with Crippen LogP contribution >= 0.6 is 0 Å². The fourth-order valence-corrected chi connectivity index (χ4v) is 2.77. The van der Waals surface area contributed by atoms with Gasteiger partial charge in [0.25, 0.3) is 11.8 Å². The third kappa shape index (κ3) is 3.38. The molecule has 128 valence electrons. The zero-order chi connectivity index (χ0) is 18.0. The van der Waals surface area contributed by atoms with Gasteiger partial charge < -0.3 is 4.57 Å². The van der Waals surface area contributed by atoms with E-state index < -0.39 is 6.04 Å². The predicted molar refractivity (Wildman–Crippen MR) is 96.0 cm³/mol. The molecule has 1 unspecified atom stereocenters. The van der Waals surface area contributed by atoms with Crippen LogP contribution in [0.3, 0.4) is 0 Å². The van der Waals surface area contributed by atoms with Crippen molar-refractivity contribution in [3.05, 3.63) is 65.5 Å². The lowest BCUT2D eigenvalue weighted by Crippen LogP contribution is -2.44. The van der Waals surface area contributed by atoms with Crippen molar-refractivity contribution in [3.63, 3.8) is 0 Å². The Kier molecular flexibility index (Phi) is 4.52. The van der Waals surface area contributed by atoms with Crippen LogP contribution in [-0.4, -0.2) is 21.4 Å². The lowest BCUT2D eigenvalue weighted by Gasteiger charge is -2.15. The van der Waals surface area contributed by atoms with E-state index in [4.69, 9.17) is 0 Å². The molecule has 6 nitrogen and oxygen atoms in total. The average Bonchev–Trinajstić information content (AvgIpc) is 3.02. The predicted octanol–water partition coefficient (Wildman–Crippen LogP) is 2.68. The number of imidazole rings is 1. The van der Waals surface area contributed by atoms with Crippen LogP contribution in [0.2, 0.25) is 0 Å². The Hall–Kier alpha value is -3.15. The number of aromatic nitrogens is 2. The van der Waals surface area contributed by atoms with E-state index in [9.17, 15) is 9.59 Å². The first kappa shape index (κ1) is 16.7. The molecule has 3 aromatic rings. The largest absolute Gasteiger partial charge is 0.318 e. The van der Waals surface area contributed by atoms with Gasteiger partial charge in [0.1, 0.15) is 6.04 Å². The highest BCUT2D eigenvalue weighted by Gasteiger charge is 2.18. The molecule has 0 saturated heterocycles. The fourth-order valence-electron chi connectivity index (χ4n) is 2.77. The normalized spacial score (nSPS) is 12.0. The standard InChI is InChI=1S/C19H20N4O2/c1-12-8-9-15(13(2)10-12)19(25)22-21-18(24)14(3)23-11-20-16-6-4-5-7-17(16)23/h4-11,14H,1-3H3,(H,21,24)(H,22,25). The second kappa shape index (κ2) is 6.76. The molecule has 6 heteroatoms. The number of nitrogens with zero attached hydrogens (tertiary/aromatic N) is 2. The maximum absolute atomic E-state index is 12.4. The molecule has 0 aliphatic heterocycles. The van der Waals surface area contributed by atoms with Gasteiger partial charge in [-0.25, -0.2) is 4.98 Å². The average molecular weight is 336 g/mol. The van der Waals surface area contributed by atoms with Gasteiger partial charge in [0, 0.05) is 5.56 Å². The molecule has 2 amide bonds. The minimum absolute atomic E-state index is 0.318. The molecule has 2 N–H and O–H groups in total. The maximum Gasteiger partial charge on any atom is 0.269 e. The highest BCUT2D eigenvalue weighted by Crippen LogP contribution is 2.17. The number of hydrogen-bond donors (Lipinski definition) is 2. The lowest BCUT2D eigenvalue weighted by molar-refractivity contribution is -0.124. The van der Waals surface area contributed by atoms with Crippen LogP contribution in [0.15, 0.2) is 48.8 Å². The number of aryl methyl sites for hydroxylation is 2. The zero-order valence-electron chi connectivity index (χ0n) is 14.4. The van der Waals surface area contributed by atoms with Crippen molar-refractivity contribution in [2.24, 2.45) is 0 Å². The van der Waals surface area contributed by atoms with E-state index in [1.807, 2.05) is 50.2 Å². The number of amides is 2. The SMILES string of the molecule is Cc1ccc(C(=O)NNC(=O)C(C)n2cnc3ccccc32)c(C)c1. The van der Waals surface area contributed by atoms with Gasteiger partial charge in [0.2, 0.25) is 0 Å². The summed E-state index contributed by atoms with van der Waals surface area (Å²) in [6.07, 6.45) is 1.63. The summed E-state index contributed by atoms with van der Waals surface area (Å²) in [6, 6.07) is 12.6. The van der Waals surface area contributed by atoms with Crippen molar-refractivity contribution in [2.75, 3.05) is 0 Å². The molecule has 0 aliphatic carbocycles. The highest BCUT2D eigenvalue weighted by molar-refractivity contribution is 5.97. The Balaban J connectivity index is 1.68. The Morgan fingerprint density at radius 2 is 1.84 bits per heavy atom. The van der Waals surface area contributed by atoms with Crippen LogP contribution in [0, 0.1) is 13.8 Å². The Bertz CT molecular complexity index is 946. The third-order valence-electron chi connectivity index (χ3n) is 4.20. The summed E-state index contributed by atoms with van der Waals surface area (Å²) >= 11 is 0. The topological polar surface area (TPSA) is 76.0 Å². The number of para-hydroxylation sites is 2. The zero-order valence-corrected chi connectivity index (χ0v) is 14.4. The van der Waals surface area contributed by atoms with Gasteiger partial charge >= 0.3 is 0 Å². The van der Waals surface area contributed by atoms with Crippen molar-refractivity contribution >= 4 is 22.8 Å². The van der Waals surface area contributed by atoms with Crippen LogP contribution in [0.5, 0.6) is 0 Å². The Morgan fingerprint density at radius 1 is 1.08 bits per heavy atom. The second-order valence-electron chi connectivity index (χ2n) is 6.08. The lowest BCUT2D eigenvalue weighted by atomic mass is 10.1. The van der Waals surface area contributed by atoms with Gasteiger partial charge in [-0.15, -0.1) is 0 Å². The number of carbonyl (C=O) groups excluding carboxylic acids is 2. The van der Waals surface area contributed by atoms with Crippen LogP contribution in [0.4, 0.5) is 0 Å². The molecule has 2 aromatic carbocycles. The molecular formula is C19H20N4O2. The van der Waals surface area contributed by atoms with E-state index in [1.54, 1.807) is 23.9 Å². The molecule has 0 saturated carbocycles. The molecule has 25 heavy (non-hydrogen) atoms. The van der Waals surface area contributed by atoms with Gasteiger partial charge in [0.15, 0.2) is 0 Å². The molecule has 1 aromatic heterocycles. The summed E-state index contributed by atoms with van der Waals surface area (Å²) in [5.74, 6) is -0.658. The summed E-state index contributed by atoms with van der Waals surface area (Å²) in [6.45, 7) is 5.59. The fraction of sp³-hybridized carbons (Fsp3) is 0.211. The Morgan fingerprint density at radius 3 is 2.60 bits per heavy atom. The third-order valence-corrected chi connectivity index (χ3v) is 4.20. The van der Waals surface area contributed by atoms with E-state index in [-0.39, 0.29) is 11.8 Å². The van der Waals surface area contributed by atoms with Crippen LogP contribution in [-0.2, 0) is 4.79 Å². The molecule has 0 spiro atoms. The molecular weight excluding hydrogens is 316 g/mol. The smallest absolute Gasteiger partial charge is 0.269 e. The monoisotopic (exact) mass is 336 g/mol. The highest BCUT2D eigenvalue weighted by atomic mass is 16.2. The number of benzene rings is 2. The number of nitrogens with one attached hydrogen (secondary N) is 2. The summed E-state index contributed by atoms with van der Waals surface area (Å²) in [5, 5.41) is 0. The molecule has 0 bridgehead atoms. The van der Waals surface area contributed by atoms with Gasteiger partial charge in [-0.1, -0.05) is 29.8 Å². The maximum atomic E-state index is 12.4. The van der Waals surface area contributed by atoms with Crippen LogP contribution in [0.1, 0.15) is 34.5 Å². The molecule has 0 fully saturated rings. The number of hydrogen-bond acceptors (Lipinski definition) is 3. The molecule has 3 rings (SSSR count). The minimum Gasteiger partial charge on any atom is -0.318 e. The van der Waals surface area contributed by atoms with Gasteiger partial charge in [0.05, 0.1) is 17.4 Å². The number of hydrazine groups is 1. The van der Waals surface area contributed by atoms with Crippen molar-refractivity contribution in [2.45, 2.75) is 26.8 Å². The van der Waals surface area contributed by atoms with Crippen molar-refractivity contribution in [1.82, 2.24) is 20.4 Å². The van der Waals surface area contributed by atoms with Crippen molar-refractivity contribution in [1.29, 1.82) is 0 Å².